The minimum atomic E-state index is -2.93. The number of benzene rings is 4. The maximum absolute atomic E-state index is 13.8. The SMILES string of the molecule is CCP(=O)(CNC(c1ccccc1)(c1ccccc1)c1ccccc1)OCc1ccccc1. The van der Waals surface area contributed by atoms with Gasteiger partial charge in [-0.3, -0.25) is 9.88 Å². The molecule has 0 amide bonds. The molecule has 0 aliphatic rings. The van der Waals surface area contributed by atoms with E-state index in [1.807, 2.05) is 91.9 Å². The molecular weight excluding hydrogens is 425 g/mol. The maximum Gasteiger partial charge on any atom is 0.216 e. The van der Waals surface area contributed by atoms with E-state index in [0.717, 1.165) is 22.3 Å². The van der Waals surface area contributed by atoms with E-state index < -0.39 is 12.9 Å². The Labute approximate surface area is 196 Å². The minimum Gasteiger partial charge on any atom is -0.323 e. The van der Waals surface area contributed by atoms with Gasteiger partial charge < -0.3 is 4.52 Å². The topological polar surface area (TPSA) is 38.3 Å². The molecule has 33 heavy (non-hydrogen) atoms. The van der Waals surface area contributed by atoms with Crippen LogP contribution in [0.15, 0.2) is 121 Å². The second-order valence-corrected chi connectivity index (χ2v) is 10.9. The van der Waals surface area contributed by atoms with Gasteiger partial charge in [0.1, 0.15) is 0 Å². The minimum absolute atomic E-state index is 0.259. The van der Waals surface area contributed by atoms with E-state index in [1.165, 1.54) is 0 Å². The van der Waals surface area contributed by atoms with Crippen molar-refractivity contribution in [3.8, 4) is 0 Å². The normalized spacial score (nSPS) is 13.4. The Hall–Kier alpha value is -2.97. The van der Waals surface area contributed by atoms with E-state index in [1.54, 1.807) is 0 Å². The van der Waals surface area contributed by atoms with Crippen molar-refractivity contribution in [1.29, 1.82) is 0 Å². The van der Waals surface area contributed by atoms with E-state index in [-0.39, 0.29) is 6.29 Å². The molecule has 0 heterocycles. The molecule has 0 aromatic heterocycles. The standard InChI is InChI=1S/C29H30NO2P/c1-2-33(31,32-23-25-15-7-3-8-16-25)24-30-29(26-17-9-4-10-18-26,27-19-11-5-12-20-27)28-21-13-6-14-22-28/h3-22,30H,2,23-24H2,1H3. The molecule has 1 N–H and O–H groups in total. The van der Waals surface area contributed by atoms with Crippen LogP contribution in [0.3, 0.4) is 0 Å². The highest BCUT2D eigenvalue weighted by Crippen LogP contribution is 2.48. The van der Waals surface area contributed by atoms with E-state index in [0.29, 0.717) is 12.8 Å². The first-order chi connectivity index (χ1) is 16.2. The lowest BCUT2D eigenvalue weighted by molar-refractivity contribution is 0.298. The smallest absolute Gasteiger partial charge is 0.216 e. The van der Waals surface area contributed by atoms with E-state index in [9.17, 15) is 4.57 Å². The first-order valence-corrected chi connectivity index (χ1v) is 13.3. The van der Waals surface area contributed by atoms with Crippen molar-refractivity contribution in [2.45, 2.75) is 19.1 Å². The molecule has 0 aliphatic carbocycles. The maximum atomic E-state index is 13.8. The molecule has 0 saturated heterocycles. The van der Waals surface area contributed by atoms with Crippen molar-refractivity contribution in [2.24, 2.45) is 0 Å². The molecular formula is C29H30NO2P. The molecule has 4 aromatic carbocycles. The summed E-state index contributed by atoms with van der Waals surface area (Å²) in [6.07, 6.45) is 0.719. The fraction of sp³-hybridized carbons (Fsp3) is 0.172. The van der Waals surface area contributed by atoms with Crippen LogP contribution >= 0.6 is 7.37 Å². The lowest BCUT2D eigenvalue weighted by Crippen LogP contribution is -2.45. The third-order valence-electron chi connectivity index (χ3n) is 6.00. The van der Waals surface area contributed by atoms with Gasteiger partial charge in [0.25, 0.3) is 0 Å². The van der Waals surface area contributed by atoms with Crippen molar-refractivity contribution < 1.29 is 9.09 Å². The zero-order valence-electron chi connectivity index (χ0n) is 18.9. The highest BCUT2D eigenvalue weighted by atomic mass is 31.2. The Bertz CT molecular complexity index is 1070. The lowest BCUT2D eigenvalue weighted by atomic mass is 9.77. The van der Waals surface area contributed by atoms with Crippen LogP contribution in [0.4, 0.5) is 0 Å². The summed E-state index contributed by atoms with van der Waals surface area (Å²) >= 11 is 0. The monoisotopic (exact) mass is 455 g/mol. The zero-order valence-corrected chi connectivity index (χ0v) is 19.8. The van der Waals surface area contributed by atoms with Crippen LogP contribution in [0.1, 0.15) is 29.2 Å². The van der Waals surface area contributed by atoms with Crippen molar-refractivity contribution in [1.82, 2.24) is 5.32 Å². The van der Waals surface area contributed by atoms with Gasteiger partial charge in [0.05, 0.1) is 18.4 Å². The average molecular weight is 456 g/mol. The van der Waals surface area contributed by atoms with Crippen LogP contribution in [0.5, 0.6) is 0 Å². The summed E-state index contributed by atoms with van der Waals surface area (Å²) in [6, 6.07) is 40.9. The quantitative estimate of drug-likeness (QED) is 0.206. The molecule has 4 heteroatoms. The molecule has 4 aromatic rings. The number of nitrogens with one attached hydrogen (secondary N) is 1. The first-order valence-electron chi connectivity index (χ1n) is 11.3. The summed E-state index contributed by atoms with van der Waals surface area (Å²) in [5, 5.41) is 3.72. The molecule has 0 radical (unpaired) electrons. The Morgan fingerprint density at radius 1 is 0.667 bits per heavy atom. The van der Waals surface area contributed by atoms with E-state index >= 15 is 0 Å². The van der Waals surface area contributed by atoms with Crippen molar-refractivity contribution >= 4 is 7.37 Å². The van der Waals surface area contributed by atoms with Gasteiger partial charge in [0, 0.05) is 6.16 Å². The van der Waals surface area contributed by atoms with Crippen molar-refractivity contribution in [3.05, 3.63) is 144 Å². The average Bonchev–Trinajstić information content (AvgIpc) is 2.90. The molecule has 0 bridgehead atoms. The van der Waals surface area contributed by atoms with Gasteiger partial charge in [-0.2, -0.15) is 0 Å². The van der Waals surface area contributed by atoms with Crippen LogP contribution in [0, 0.1) is 0 Å². The third-order valence-corrected chi connectivity index (χ3v) is 8.20. The largest absolute Gasteiger partial charge is 0.323 e. The Kier molecular flexibility index (Phi) is 7.57. The summed E-state index contributed by atoms with van der Waals surface area (Å²) in [5.41, 5.74) is 3.63. The van der Waals surface area contributed by atoms with Gasteiger partial charge in [0.15, 0.2) is 0 Å². The van der Waals surface area contributed by atoms with Gasteiger partial charge >= 0.3 is 0 Å². The second kappa shape index (κ2) is 10.8. The molecule has 0 aliphatic heterocycles. The van der Waals surface area contributed by atoms with Gasteiger partial charge in [-0.15, -0.1) is 0 Å². The fourth-order valence-corrected chi connectivity index (χ4v) is 5.48. The Balaban J connectivity index is 1.73. The molecule has 4 rings (SSSR count). The third kappa shape index (κ3) is 5.34. The molecule has 0 saturated carbocycles. The Morgan fingerprint density at radius 3 is 1.45 bits per heavy atom. The van der Waals surface area contributed by atoms with Crippen LogP contribution in [0.25, 0.3) is 0 Å². The van der Waals surface area contributed by atoms with Crippen LogP contribution in [0.2, 0.25) is 0 Å². The molecule has 0 fully saturated rings. The van der Waals surface area contributed by atoms with E-state index in [4.69, 9.17) is 4.52 Å². The van der Waals surface area contributed by atoms with Gasteiger partial charge in [-0.05, 0) is 22.3 Å². The van der Waals surface area contributed by atoms with Crippen molar-refractivity contribution in [3.63, 3.8) is 0 Å². The fourth-order valence-electron chi connectivity index (χ4n) is 4.12. The van der Waals surface area contributed by atoms with Gasteiger partial charge in [-0.25, -0.2) is 0 Å². The summed E-state index contributed by atoms with van der Waals surface area (Å²) in [4.78, 5) is 0. The summed E-state index contributed by atoms with van der Waals surface area (Å²) < 4.78 is 19.9. The molecule has 3 nitrogen and oxygen atoms in total. The van der Waals surface area contributed by atoms with Gasteiger partial charge in [0.2, 0.25) is 7.37 Å². The summed E-state index contributed by atoms with van der Waals surface area (Å²) in [6.45, 7) is 2.27. The van der Waals surface area contributed by atoms with Gasteiger partial charge in [-0.1, -0.05) is 128 Å². The second-order valence-electron chi connectivity index (χ2n) is 8.07. The van der Waals surface area contributed by atoms with E-state index in [2.05, 4.69) is 41.7 Å². The molecule has 1 unspecified atom stereocenters. The number of hydrogen-bond acceptors (Lipinski definition) is 3. The molecule has 168 valence electrons. The highest BCUT2D eigenvalue weighted by molar-refractivity contribution is 7.58. The number of rotatable bonds is 10. The summed E-state index contributed by atoms with van der Waals surface area (Å²) in [7, 11) is -2.93. The Morgan fingerprint density at radius 2 is 1.06 bits per heavy atom. The van der Waals surface area contributed by atoms with Crippen molar-refractivity contribution in [2.75, 3.05) is 12.4 Å². The van der Waals surface area contributed by atoms with Crippen LogP contribution in [-0.2, 0) is 21.2 Å². The van der Waals surface area contributed by atoms with Crippen LogP contribution in [-0.4, -0.2) is 12.4 Å². The first kappa shape index (κ1) is 23.2. The lowest BCUT2D eigenvalue weighted by Gasteiger charge is -2.38. The number of hydrogen-bond donors (Lipinski definition) is 1. The molecule has 0 spiro atoms. The highest BCUT2D eigenvalue weighted by Gasteiger charge is 2.38. The zero-order chi connectivity index (χ0) is 23.0. The predicted octanol–water partition coefficient (Wildman–Crippen LogP) is 7.04. The predicted molar refractivity (Wildman–Crippen MR) is 137 cm³/mol. The van der Waals surface area contributed by atoms with Crippen LogP contribution < -0.4 is 5.32 Å². The summed E-state index contributed by atoms with van der Waals surface area (Å²) in [5.74, 6) is 0. The molecule has 1 atom stereocenters.